The quantitative estimate of drug-likeness (QED) is 0.383. The van der Waals surface area contributed by atoms with Crippen LogP contribution in [-0.2, 0) is 6.42 Å². The number of rotatable bonds is 5. The molecule has 1 aromatic heterocycles. The van der Waals surface area contributed by atoms with Gasteiger partial charge in [-0.25, -0.2) is 0 Å². The van der Waals surface area contributed by atoms with Crippen molar-refractivity contribution in [2.24, 2.45) is 16.6 Å². The molecule has 1 aromatic carbocycles. The van der Waals surface area contributed by atoms with Crippen molar-refractivity contribution < 1.29 is 0 Å². The molecule has 0 aliphatic heterocycles. The number of aliphatic imine (C=N–C) groups is 1. The molecule has 0 spiro atoms. The summed E-state index contributed by atoms with van der Waals surface area (Å²) in [5, 5.41) is 5.12. The Hall–Kier alpha value is -0.950. The molecule has 4 nitrogen and oxygen atoms in total. The number of hydrogen-bond donors (Lipinski definition) is 3. The minimum Gasteiger partial charge on any atom is -0.370 e. The number of nitrogens with two attached hydrogens (primary N) is 1. The van der Waals surface area contributed by atoms with Crippen LogP contribution in [0, 0.1) is 5.92 Å². The maximum absolute atomic E-state index is 6.05. The zero-order chi connectivity index (χ0) is 14.7. The maximum Gasteiger partial charge on any atom is 0.188 e. The summed E-state index contributed by atoms with van der Waals surface area (Å²) in [6.07, 6.45) is 6.86. The Kier molecular flexibility index (Phi) is 6.37. The van der Waals surface area contributed by atoms with E-state index in [1.54, 1.807) is 0 Å². The number of aromatic amines is 1. The molecular weight excluding hydrogens is 411 g/mol. The lowest BCUT2D eigenvalue weighted by Gasteiger charge is -2.23. The number of hydrogen-bond acceptors (Lipinski definition) is 1. The van der Waals surface area contributed by atoms with Crippen molar-refractivity contribution in [2.75, 3.05) is 13.1 Å². The van der Waals surface area contributed by atoms with Gasteiger partial charge in [-0.1, -0.05) is 18.0 Å². The second kappa shape index (κ2) is 8.06. The number of benzene rings is 1. The molecule has 0 bridgehead atoms. The van der Waals surface area contributed by atoms with Crippen LogP contribution in [0.15, 0.2) is 29.4 Å². The van der Waals surface area contributed by atoms with E-state index in [2.05, 4.69) is 15.3 Å². The molecule has 3 rings (SSSR count). The second-order valence-corrected chi connectivity index (χ2v) is 6.14. The van der Waals surface area contributed by atoms with Gasteiger partial charge >= 0.3 is 0 Å². The molecule has 1 heterocycles. The van der Waals surface area contributed by atoms with E-state index >= 15 is 0 Å². The number of aromatic nitrogens is 1. The second-order valence-electron chi connectivity index (χ2n) is 5.70. The standard InChI is InChI=1S/C16H21ClN4.HI/c17-13-4-5-15-14(8-13)12(10-20-15)6-7-19-16(18)21-9-11-2-1-3-11;/h4-5,8,10-11,20H,1-3,6-7,9H2,(H3,18,19,21);1H. The Morgan fingerprint density at radius 2 is 2.23 bits per heavy atom. The molecule has 1 aliphatic rings. The Morgan fingerprint density at radius 1 is 1.41 bits per heavy atom. The number of guanidine groups is 1. The summed E-state index contributed by atoms with van der Waals surface area (Å²) in [5.74, 6) is 1.31. The highest BCUT2D eigenvalue weighted by Crippen LogP contribution is 2.26. The van der Waals surface area contributed by atoms with Gasteiger partial charge in [-0.2, -0.15) is 0 Å². The van der Waals surface area contributed by atoms with Crippen molar-refractivity contribution in [3.8, 4) is 0 Å². The third-order valence-electron chi connectivity index (χ3n) is 4.17. The molecule has 0 radical (unpaired) electrons. The molecule has 0 atom stereocenters. The van der Waals surface area contributed by atoms with Crippen molar-refractivity contribution in [2.45, 2.75) is 25.7 Å². The van der Waals surface area contributed by atoms with Crippen LogP contribution in [0.25, 0.3) is 10.9 Å². The SMILES string of the molecule is I.NC(=NCC1CCC1)NCCc1c[nH]c2ccc(Cl)cc12. The van der Waals surface area contributed by atoms with Gasteiger partial charge in [0.15, 0.2) is 5.96 Å². The zero-order valence-electron chi connectivity index (χ0n) is 12.4. The Labute approximate surface area is 152 Å². The van der Waals surface area contributed by atoms with E-state index < -0.39 is 0 Å². The van der Waals surface area contributed by atoms with Crippen LogP contribution in [0.1, 0.15) is 24.8 Å². The van der Waals surface area contributed by atoms with E-state index in [4.69, 9.17) is 17.3 Å². The molecule has 2 aromatic rings. The molecule has 120 valence electrons. The van der Waals surface area contributed by atoms with Gasteiger partial charge in [-0.3, -0.25) is 4.99 Å². The first-order chi connectivity index (χ1) is 10.2. The van der Waals surface area contributed by atoms with E-state index in [1.165, 1.54) is 30.2 Å². The van der Waals surface area contributed by atoms with Gasteiger partial charge in [-0.05, 0) is 48.9 Å². The van der Waals surface area contributed by atoms with Gasteiger partial charge in [0, 0.05) is 35.2 Å². The monoisotopic (exact) mass is 432 g/mol. The summed E-state index contributed by atoms with van der Waals surface area (Å²) in [5.41, 5.74) is 8.24. The molecule has 0 saturated heterocycles. The Balaban J connectivity index is 0.00000176. The van der Waals surface area contributed by atoms with Crippen LogP contribution in [0.3, 0.4) is 0 Å². The molecule has 0 unspecified atom stereocenters. The summed E-state index contributed by atoms with van der Waals surface area (Å²) in [6.45, 7) is 1.64. The fourth-order valence-corrected chi connectivity index (χ4v) is 2.81. The molecule has 1 fully saturated rings. The van der Waals surface area contributed by atoms with Crippen molar-refractivity contribution >= 4 is 52.4 Å². The molecule has 1 saturated carbocycles. The zero-order valence-corrected chi connectivity index (χ0v) is 15.5. The topological polar surface area (TPSA) is 66.2 Å². The van der Waals surface area contributed by atoms with Gasteiger partial charge in [0.1, 0.15) is 0 Å². The average Bonchev–Trinajstić information content (AvgIpc) is 2.80. The van der Waals surface area contributed by atoms with Crippen LogP contribution in [0.5, 0.6) is 0 Å². The minimum atomic E-state index is 0. The van der Waals surface area contributed by atoms with Crippen LogP contribution < -0.4 is 11.1 Å². The van der Waals surface area contributed by atoms with E-state index in [-0.39, 0.29) is 24.0 Å². The van der Waals surface area contributed by atoms with Gasteiger partial charge in [0.2, 0.25) is 0 Å². The van der Waals surface area contributed by atoms with E-state index in [0.29, 0.717) is 5.96 Å². The summed E-state index contributed by atoms with van der Waals surface area (Å²) in [4.78, 5) is 7.66. The van der Waals surface area contributed by atoms with Crippen molar-refractivity contribution in [3.05, 3.63) is 35.0 Å². The van der Waals surface area contributed by atoms with Gasteiger partial charge < -0.3 is 16.0 Å². The normalized spacial score (nSPS) is 15.4. The summed E-state index contributed by atoms with van der Waals surface area (Å²) in [6, 6.07) is 5.90. The third-order valence-corrected chi connectivity index (χ3v) is 4.41. The summed E-state index contributed by atoms with van der Waals surface area (Å²) < 4.78 is 0. The molecule has 22 heavy (non-hydrogen) atoms. The number of nitrogens with zero attached hydrogens (tertiary/aromatic N) is 1. The van der Waals surface area contributed by atoms with Crippen LogP contribution in [-0.4, -0.2) is 24.0 Å². The highest BCUT2D eigenvalue weighted by atomic mass is 127. The number of halogens is 2. The third kappa shape index (κ3) is 4.29. The lowest BCUT2D eigenvalue weighted by Crippen LogP contribution is -2.34. The molecule has 1 aliphatic carbocycles. The first kappa shape index (κ1) is 17.4. The fourth-order valence-electron chi connectivity index (χ4n) is 2.64. The lowest BCUT2D eigenvalue weighted by atomic mass is 9.86. The van der Waals surface area contributed by atoms with E-state index in [1.807, 2.05) is 24.4 Å². The number of nitrogens with one attached hydrogen (secondary N) is 2. The molecule has 4 N–H and O–H groups in total. The van der Waals surface area contributed by atoms with Crippen LogP contribution >= 0.6 is 35.6 Å². The van der Waals surface area contributed by atoms with Crippen molar-refractivity contribution in [3.63, 3.8) is 0 Å². The van der Waals surface area contributed by atoms with Crippen molar-refractivity contribution in [1.82, 2.24) is 10.3 Å². The predicted octanol–water partition coefficient (Wildman–Crippen LogP) is 3.69. The minimum absolute atomic E-state index is 0. The van der Waals surface area contributed by atoms with Crippen molar-refractivity contribution in [1.29, 1.82) is 0 Å². The highest BCUT2D eigenvalue weighted by molar-refractivity contribution is 14.0. The summed E-state index contributed by atoms with van der Waals surface area (Å²) in [7, 11) is 0. The fraction of sp³-hybridized carbons (Fsp3) is 0.438. The Morgan fingerprint density at radius 3 is 2.95 bits per heavy atom. The average molecular weight is 433 g/mol. The van der Waals surface area contributed by atoms with Gasteiger partial charge in [-0.15, -0.1) is 24.0 Å². The summed E-state index contributed by atoms with van der Waals surface area (Å²) >= 11 is 6.05. The van der Waals surface area contributed by atoms with Gasteiger partial charge in [0.25, 0.3) is 0 Å². The van der Waals surface area contributed by atoms with Crippen LogP contribution in [0.2, 0.25) is 5.02 Å². The molecular formula is C16H22ClIN4. The first-order valence-corrected chi connectivity index (χ1v) is 7.89. The maximum atomic E-state index is 6.05. The number of H-pyrrole nitrogens is 1. The smallest absolute Gasteiger partial charge is 0.188 e. The Bertz CT molecular complexity index is 649. The van der Waals surface area contributed by atoms with Gasteiger partial charge in [0.05, 0.1) is 0 Å². The lowest BCUT2D eigenvalue weighted by molar-refractivity contribution is 0.326. The van der Waals surface area contributed by atoms with E-state index in [9.17, 15) is 0 Å². The highest BCUT2D eigenvalue weighted by Gasteiger charge is 2.16. The molecule has 6 heteroatoms. The number of fused-ring (bicyclic) bond motifs is 1. The predicted molar refractivity (Wildman–Crippen MR) is 104 cm³/mol. The largest absolute Gasteiger partial charge is 0.370 e. The molecule has 0 amide bonds. The first-order valence-electron chi connectivity index (χ1n) is 7.51. The van der Waals surface area contributed by atoms with Crippen LogP contribution in [0.4, 0.5) is 0 Å². The van der Waals surface area contributed by atoms with E-state index in [0.717, 1.165) is 36.0 Å².